The van der Waals surface area contributed by atoms with Crippen LogP contribution in [0.2, 0.25) is 0 Å². The predicted octanol–water partition coefficient (Wildman–Crippen LogP) is 5.92. The Bertz CT molecular complexity index is 941. The highest BCUT2D eigenvalue weighted by Gasteiger charge is 2.22. The Morgan fingerprint density at radius 2 is 1.88 bits per heavy atom. The van der Waals surface area contributed by atoms with Crippen LogP contribution in [0.15, 0.2) is 53.0 Å². The van der Waals surface area contributed by atoms with Crippen molar-refractivity contribution in [3.63, 3.8) is 0 Å². The van der Waals surface area contributed by atoms with Crippen LogP contribution in [-0.4, -0.2) is 16.3 Å². The van der Waals surface area contributed by atoms with Crippen LogP contribution >= 0.6 is 15.9 Å². The highest BCUT2D eigenvalue weighted by atomic mass is 79.9. The van der Waals surface area contributed by atoms with Crippen LogP contribution in [0.4, 0.5) is 9.18 Å². The van der Waals surface area contributed by atoms with Crippen molar-refractivity contribution in [3.8, 4) is 0 Å². The number of fused-ring (bicyclic) bond motifs is 1. The Morgan fingerprint density at radius 1 is 1.16 bits per heavy atom. The monoisotopic (exact) mass is 403 g/mol. The van der Waals surface area contributed by atoms with Crippen LogP contribution < -0.4 is 0 Å². The number of benzene rings is 2. The van der Waals surface area contributed by atoms with Gasteiger partial charge in [0.05, 0.1) is 5.52 Å². The molecule has 0 bridgehead atoms. The summed E-state index contributed by atoms with van der Waals surface area (Å²) in [6, 6.07) is 14.0. The zero-order valence-corrected chi connectivity index (χ0v) is 15.9. The number of hydrogen-bond donors (Lipinski definition) is 0. The SMILES string of the molecule is CC(C)(C)OC(=O)n1c(Cc2cccc(F)c2)cc2c(Br)cccc21. The second kappa shape index (κ2) is 6.64. The first-order chi connectivity index (χ1) is 11.7. The molecule has 0 saturated carbocycles. The molecule has 0 aliphatic rings. The van der Waals surface area contributed by atoms with E-state index in [2.05, 4.69) is 15.9 Å². The molecule has 1 heterocycles. The molecule has 3 aromatic rings. The minimum Gasteiger partial charge on any atom is -0.443 e. The molecule has 0 aliphatic heterocycles. The van der Waals surface area contributed by atoms with E-state index in [4.69, 9.17) is 4.74 Å². The van der Waals surface area contributed by atoms with Gasteiger partial charge in [0.2, 0.25) is 0 Å². The minimum atomic E-state index is -0.601. The molecule has 0 radical (unpaired) electrons. The van der Waals surface area contributed by atoms with Crippen molar-refractivity contribution in [2.45, 2.75) is 32.8 Å². The van der Waals surface area contributed by atoms with Gasteiger partial charge in [-0.2, -0.15) is 0 Å². The van der Waals surface area contributed by atoms with E-state index in [9.17, 15) is 9.18 Å². The molecule has 0 aliphatic carbocycles. The lowest BCUT2D eigenvalue weighted by Gasteiger charge is -2.21. The lowest BCUT2D eigenvalue weighted by atomic mass is 10.1. The van der Waals surface area contributed by atoms with Gasteiger partial charge in [0, 0.05) is 22.0 Å². The van der Waals surface area contributed by atoms with Crippen LogP contribution in [-0.2, 0) is 11.2 Å². The second-order valence-corrected chi connectivity index (χ2v) is 7.79. The van der Waals surface area contributed by atoms with E-state index in [1.54, 1.807) is 10.6 Å². The first-order valence-electron chi connectivity index (χ1n) is 8.01. The van der Waals surface area contributed by atoms with Crippen molar-refractivity contribution in [3.05, 3.63) is 70.1 Å². The molecule has 0 N–H and O–H groups in total. The Hall–Kier alpha value is -2.14. The van der Waals surface area contributed by atoms with Crippen LogP contribution in [0, 0.1) is 5.82 Å². The molecule has 0 unspecified atom stereocenters. The van der Waals surface area contributed by atoms with Gasteiger partial charge in [-0.15, -0.1) is 0 Å². The summed E-state index contributed by atoms with van der Waals surface area (Å²) >= 11 is 3.53. The number of nitrogens with zero attached hydrogens (tertiary/aromatic N) is 1. The zero-order chi connectivity index (χ0) is 18.2. The molecule has 25 heavy (non-hydrogen) atoms. The third-order valence-corrected chi connectivity index (χ3v) is 4.41. The van der Waals surface area contributed by atoms with E-state index in [-0.39, 0.29) is 5.82 Å². The maximum atomic E-state index is 13.5. The number of hydrogen-bond acceptors (Lipinski definition) is 2. The smallest absolute Gasteiger partial charge is 0.419 e. The topological polar surface area (TPSA) is 31.2 Å². The molecule has 0 spiro atoms. The number of halogens is 2. The van der Waals surface area contributed by atoms with E-state index in [1.165, 1.54) is 12.1 Å². The zero-order valence-electron chi connectivity index (χ0n) is 14.3. The summed E-state index contributed by atoms with van der Waals surface area (Å²) in [4.78, 5) is 12.8. The largest absolute Gasteiger partial charge is 0.443 e. The molecular formula is C20H19BrFNO2. The van der Waals surface area contributed by atoms with Crippen LogP contribution in [0.1, 0.15) is 32.0 Å². The fourth-order valence-corrected chi connectivity index (χ4v) is 3.23. The first kappa shape index (κ1) is 17.7. The van der Waals surface area contributed by atoms with Crippen molar-refractivity contribution in [1.82, 2.24) is 4.57 Å². The second-order valence-electron chi connectivity index (χ2n) is 6.93. The molecule has 0 saturated heterocycles. The maximum Gasteiger partial charge on any atom is 0.419 e. The average Bonchev–Trinajstić information content (AvgIpc) is 2.85. The Kier molecular flexibility index (Phi) is 4.69. The Balaban J connectivity index is 2.11. The number of aromatic nitrogens is 1. The van der Waals surface area contributed by atoms with E-state index in [0.717, 1.165) is 26.6 Å². The van der Waals surface area contributed by atoms with Crippen molar-refractivity contribution in [2.75, 3.05) is 0 Å². The van der Waals surface area contributed by atoms with E-state index < -0.39 is 11.7 Å². The summed E-state index contributed by atoms with van der Waals surface area (Å²) < 4.78 is 21.5. The molecule has 2 aromatic carbocycles. The Morgan fingerprint density at radius 3 is 2.56 bits per heavy atom. The van der Waals surface area contributed by atoms with E-state index in [0.29, 0.717) is 6.42 Å². The lowest BCUT2D eigenvalue weighted by molar-refractivity contribution is 0.0541. The predicted molar refractivity (Wildman–Crippen MR) is 100 cm³/mol. The standard InChI is InChI=1S/C20H19BrFNO2/c1-20(2,3)25-19(24)23-15(11-13-6-4-7-14(22)10-13)12-16-17(21)8-5-9-18(16)23/h4-10,12H,11H2,1-3H3. The third-order valence-electron chi connectivity index (χ3n) is 3.72. The summed E-state index contributed by atoms with van der Waals surface area (Å²) in [6.45, 7) is 5.50. The summed E-state index contributed by atoms with van der Waals surface area (Å²) in [5, 5.41) is 0.916. The molecule has 0 atom stereocenters. The Labute approximate surface area is 154 Å². The summed E-state index contributed by atoms with van der Waals surface area (Å²) in [5.74, 6) is -0.293. The van der Waals surface area contributed by atoms with Gasteiger partial charge < -0.3 is 4.74 Å². The van der Waals surface area contributed by atoms with E-state index in [1.807, 2.05) is 51.1 Å². The third kappa shape index (κ3) is 3.93. The van der Waals surface area contributed by atoms with Crippen molar-refractivity contribution in [2.24, 2.45) is 0 Å². The fraction of sp³-hybridized carbons (Fsp3) is 0.250. The normalized spacial score (nSPS) is 11.7. The summed E-state index contributed by atoms with van der Waals surface area (Å²) in [5.41, 5.74) is 1.70. The first-order valence-corrected chi connectivity index (χ1v) is 8.80. The molecule has 3 nitrogen and oxygen atoms in total. The maximum absolute atomic E-state index is 13.5. The quantitative estimate of drug-likeness (QED) is 0.531. The van der Waals surface area contributed by atoms with Gasteiger partial charge in [0.15, 0.2) is 0 Å². The van der Waals surface area contributed by atoms with Crippen molar-refractivity contribution >= 4 is 32.9 Å². The van der Waals surface area contributed by atoms with Gasteiger partial charge >= 0.3 is 6.09 Å². The van der Waals surface area contributed by atoms with Crippen molar-refractivity contribution in [1.29, 1.82) is 0 Å². The van der Waals surface area contributed by atoms with E-state index >= 15 is 0 Å². The molecule has 5 heteroatoms. The van der Waals surface area contributed by atoms with Gasteiger partial charge in [-0.05, 0) is 56.7 Å². The number of rotatable bonds is 2. The van der Waals surface area contributed by atoms with Gasteiger partial charge in [-0.1, -0.05) is 34.1 Å². The molecule has 1 aromatic heterocycles. The van der Waals surface area contributed by atoms with Crippen LogP contribution in [0.25, 0.3) is 10.9 Å². The number of ether oxygens (including phenoxy) is 1. The summed E-state index contributed by atoms with van der Waals surface area (Å²) in [7, 11) is 0. The summed E-state index contributed by atoms with van der Waals surface area (Å²) in [6.07, 6.45) is -0.00927. The number of carbonyl (C=O) groups is 1. The van der Waals surface area contributed by atoms with Crippen molar-refractivity contribution < 1.29 is 13.9 Å². The minimum absolute atomic E-state index is 0.293. The van der Waals surface area contributed by atoms with Gasteiger partial charge in [-0.3, -0.25) is 0 Å². The number of carbonyl (C=O) groups excluding carboxylic acids is 1. The fourth-order valence-electron chi connectivity index (χ4n) is 2.76. The van der Waals surface area contributed by atoms with Crippen LogP contribution in [0.3, 0.4) is 0 Å². The lowest BCUT2D eigenvalue weighted by Crippen LogP contribution is -2.28. The molecule has 0 fully saturated rings. The average molecular weight is 404 g/mol. The molecule has 3 rings (SSSR count). The highest BCUT2D eigenvalue weighted by Crippen LogP contribution is 2.29. The molecule has 0 amide bonds. The van der Waals surface area contributed by atoms with Gasteiger partial charge in [-0.25, -0.2) is 13.8 Å². The molecular weight excluding hydrogens is 385 g/mol. The van der Waals surface area contributed by atoms with Crippen LogP contribution in [0.5, 0.6) is 0 Å². The highest BCUT2D eigenvalue weighted by molar-refractivity contribution is 9.10. The van der Waals surface area contributed by atoms with Gasteiger partial charge in [0.1, 0.15) is 11.4 Å². The van der Waals surface area contributed by atoms with Gasteiger partial charge in [0.25, 0.3) is 0 Å². The molecule has 130 valence electrons.